The Balaban J connectivity index is 1.82. The number of anilines is 1. The van der Waals surface area contributed by atoms with Gasteiger partial charge in [-0.05, 0) is 29.8 Å². The van der Waals surface area contributed by atoms with E-state index >= 15 is 0 Å². The van der Waals surface area contributed by atoms with Gasteiger partial charge in [-0.1, -0.05) is 24.3 Å². The number of ether oxygens (including phenoxy) is 1. The molecule has 2 rings (SSSR count). The number of carbonyl (C=O) groups excluding carboxylic acids is 2. The second-order valence-electron chi connectivity index (χ2n) is 5.66. The van der Waals surface area contributed by atoms with Crippen molar-refractivity contribution in [3.8, 4) is 5.75 Å². The number of benzene rings is 2. The Morgan fingerprint density at radius 1 is 1.12 bits per heavy atom. The number of methoxy groups -OCH3 is 1. The molecule has 0 saturated heterocycles. The first kappa shape index (κ1) is 19.0. The molecule has 7 heteroatoms. The average Bonchev–Trinajstić information content (AvgIpc) is 2.66. The minimum absolute atomic E-state index is 0.187. The van der Waals surface area contributed by atoms with Gasteiger partial charge in [-0.25, -0.2) is 5.43 Å². The summed E-state index contributed by atoms with van der Waals surface area (Å²) >= 11 is 0. The highest BCUT2D eigenvalue weighted by Crippen LogP contribution is 2.16. The maximum absolute atomic E-state index is 12.1. The van der Waals surface area contributed by atoms with Crippen molar-refractivity contribution in [3.63, 3.8) is 0 Å². The van der Waals surface area contributed by atoms with Crippen LogP contribution in [0.25, 0.3) is 0 Å². The molecule has 0 aromatic heterocycles. The van der Waals surface area contributed by atoms with Crippen LogP contribution in [0.3, 0.4) is 0 Å². The molecule has 0 atom stereocenters. The van der Waals surface area contributed by atoms with E-state index in [1.807, 2.05) is 43.3 Å². The van der Waals surface area contributed by atoms with Gasteiger partial charge in [0.15, 0.2) is 0 Å². The van der Waals surface area contributed by atoms with Crippen LogP contribution >= 0.6 is 0 Å². The Labute approximate surface area is 152 Å². The molecule has 0 unspecified atom stereocenters. The second-order valence-corrected chi connectivity index (χ2v) is 5.66. The summed E-state index contributed by atoms with van der Waals surface area (Å²) in [5, 5.41) is 6.42. The molecular formula is C19H22N4O3. The van der Waals surface area contributed by atoms with E-state index in [-0.39, 0.29) is 12.5 Å². The molecule has 2 amide bonds. The fourth-order valence-corrected chi connectivity index (χ4v) is 2.16. The molecule has 7 nitrogen and oxygen atoms in total. The van der Waals surface area contributed by atoms with Crippen LogP contribution in [0.4, 0.5) is 5.69 Å². The summed E-state index contributed by atoms with van der Waals surface area (Å²) in [6, 6.07) is 14.5. The lowest BCUT2D eigenvalue weighted by Gasteiger charge is -2.11. The Kier molecular flexibility index (Phi) is 6.73. The number of hydrogen-bond donors (Lipinski definition) is 2. The van der Waals surface area contributed by atoms with Gasteiger partial charge >= 0.3 is 0 Å². The average molecular weight is 354 g/mol. The molecule has 0 fully saturated rings. The predicted molar refractivity (Wildman–Crippen MR) is 102 cm³/mol. The first-order valence-electron chi connectivity index (χ1n) is 8.01. The minimum atomic E-state index is -0.422. The van der Waals surface area contributed by atoms with Crippen LogP contribution in [0.15, 0.2) is 53.6 Å². The van der Waals surface area contributed by atoms with Gasteiger partial charge in [0, 0.05) is 19.8 Å². The lowest BCUT2D eigenvalue weighted by atomic mass is 10.2. The molecule has 0 radical (unpaired) electrons. The van der Waals surface area contributed by atoms with Crippen LogP contribution in [0.1, 0.15) is 15.9 Å². The highest BCUT2D eigenvalue weighted by atomic mass is 16.5. The maximum atomic E-state index is 12.1. The lowest BCUT2D eigenvalue weighted by molar-refractivity contribution is -0.120. The van der Waals surface area contributed by atoms with E-state index in [9.17, 15) is 9.59 Å². The van der Waals surface area contributed by atoms with Gasteiger partial charge in [-0.3, -0.25) is 9.59 Å². The lowest BCUT2D eigenvalue weighted by Crippen LogP contribution is -2.35. The second kappa shape index (κ2) is 9.22. The van der Waals surface area contributed by atoms with Crippen molar-refractivity contribution in [2.45, 2.75) is 0 Å². The zero-order valence-electron chi connectivity index (χ0n) is 15.0. The molecule has 136 valence electrons. The monoisotopic (exact) mass is 354 g/mol. The molecule has 2 aromatic carbocycles. The Morgan fingerprint density at radius 2 is 1.81 bits per heavy atom. The fraction of sp³-hybridized carbons (Fsp3) is 0.211. The van der Waals surface area contributed by atoms with E-state index in [1.165, 1.54) is 7.11 Å². The summed E-state index contributed by atoms with van der Waals surface area (Å²) in [7, 11) is 5.41. The molecular weight excluding hydrogens is 332 g/mol. The highest BCUT2D eigenvalue weighted by molar-refractivity contribution is 5.98. The number of nitrogens with one attached hydrogen (secondary N) is 2. The highest BCUT2D eigenvalue weighted by Gasteiger charge is 2.12. The number of para-hydroxylation sites is 1. The van der Waals surface area contributed by atoms with Crippen molar-refractivity contribution in [2.75, 3.05) is 32.6 Å². The summed E-state index contributed by atoms with van der Waals surface area (Å²) in [4.78, 5) is 25.9. The summed E-state index contributed by atoms with van der Waals surface area (Å²) < 4.78 is 5.12. The molecule has 0 saturated carbocycles. The topological polar surface area (TPSA) is 83.0 Å². The molecule has 0 aliphatic rings. The number of hydrogen-bond acceptors (Lipinski definition) is 5. The van der Waals surface area contributed by atoms with Gasteiger partial charge in [0.2, 0.25) is 0 Å². The van der Waals surface area contributed by atoms with Crippen LogP contribution in [-0.4, -0.2) is 45.8 Å². The third kappa shape index (κ3) is 5.34. The van der Waals surface area contributed by atoms with E-state index < -0.39 is 5.91 Å². The molecule has 0 spiro atoms. The maximum Gasteiger partial charge on any atom is 0.259 e. The van der Waals surface area contributed by atoms with Gasteiger partial charge < -0.3 is 15.0 Å². The fourth-order valence-electron chi connectivity index (χ4n) is 2.16. The van der Waals surface area contributed by atoms with Gasteiger partial charge in [0.05, 0.1) is 25.4 Å². The molecule has 2 aromatic rings. The van der Waals surface area contributed by atoms with Gasteiger partial charge in [-0.15, -0.1) is 0 Å². The predicted octanol–water partition coefficient (Wildman–Crippen LogP) is 1.64. The van der Waals surface area contributed by atoms with Gasteiger partial charge in [0.1, 0.15) is 5.75 Å². The van der Waals surface area contributed by atoms with Crippen LogP contribution in [0.2, 0.25) is 0 Å². The van der Waals surface area contributed by atoms with Crippen molar-refractivity contribution >= 4 is 23.7 Å². The standard InChI is InChI=1S/C19H22N4O3/c1-23(2)15-10-8-14(9-11-15)12-21-22-18(24)13-20-19(25)16-6-4-5-7-17(16)26-3/h4-12H,13H2,1-3H3,(H,20,25)(H,22,24). The molecule has 0 bridgehead atoms. The summed E-state index contributed by atoms with van der Waals surface area (Å²) in [6.45, 7) is -0.187. The largest absolute Gasteiger partial charge is 0.496 e. The van der Waals surface area contributed by atoms with E-state index in [2.05, 4.69) is 15.8 Å². The minimum Gasteiger partial charge on any atom is -0.496 e. The third-order valence-corrected chi connectivity index (χ3v) is 3.57. The number of hydrazone groups is 1. The Hall–Kier alpha value is -3.35. The first-order chi connectivity index (χ1) is 12.5. The van der Waals surface area contributed by atoms with E-state index in [0.717, 1.165) is 11.3 Å². The quantitative estimate of drug-likeness (QED) is 0.585. The molecule has 0 aliphatic carbocycles. The van der Waals surface area contributed by atoms with Gasteiger partial charge in [-0.2, -0.15) is 5.10 Å². The number of carbonyl (C=O) groups is 2. The molecule has 2 N–H and O–H groups in total. The number of rotatable bonds is 7. The normalized spacial score (nSPS) is 10.4. The van der Waals surface area contributed by atoms with Crippen molar-refractivity contribution in [2.24, 2.45) is 5.10 Å². The van der Waals surface area contributed by atoms with Crippen molar-refractivity contribution in [1.82, 2.24) is 10.7 Å². The molecule has 0 aliphatic heterocycles. The SMILES string of the molecule is COc1ccccc1C(=O)NCC(=O)NN=Cc1ccc(N(C)C)cc1. The first-order valence-corrected chi connectivity index (χ1v) is 8.01. The third-order valence-electron chi connectivity index (χ3n) is 3.57. The van der Waals surface area contributed by atoms with Gasteiger partial charge in [0.25, 0.3) is 11.8 Å². The van der Waals surface area contributed by atoms with Crippen molar-refractivity contribution < 1.29 is 14.3 Å². The number of nitrogens with zero attached hydrogens (tertiary/aromatic N) is 2. The van der Waals surface area contributed by atoms with Crippen LogP contribution in [-0.2, 0) is 4.79 Å². The van der Waals surface area contributed by atoms with Crippen molar-refractivity contribution in [1.29, 1.82) is 0 Å². The Bertz CT molecular complexity index is 786. The van der Waals surface area contributed by atoms with Crippen LogP contribution < -0.4 is 20.4 Å². The zero-order valence-corrected chi connectivity index (χ0v) is 15.0. The van der Waals surface area contributed by atoms with Crippen LogP contribution in [0, 0.1) is 0 Å². The van der Waals surface area contributed by atoms with E-state index in [1.54, 1.807) is 30.5 Å². The summed E-state index contributed by atoms with van der Waals surface area (Å²) in [5.41, 5.74) is 4.68. The zero-order chi connectivity index (χ0) is 18.9. The smallest absolute Gasteiger partial charge is 0.259 e. The number of amides is 2. The summed E-state index contributed by atoms with van der Waals surface area (Å²) in [5.74, 6) is -0.361. The molecule has 0 heterocycles. The Morgan fingerprint density at radius 3 is 2.46 bits per heavy atom. The van der Waals surface area contributed by atoms with Crippen LogP contribution in [0.5, 0.6) is 5.75 Å². The van der Waals surface area contributed by atoms with E-state index in [4.69, 9.17) is 4.74 Å². The van der Waals surface area contributed by atoms with Crippen molar-refractivity contribution in [3.05, 3.63) is 59.7 Å². The summed E-state index contributed by atoms with van der Waals surface area (Å²) in [6.07, 6.45) is 1.54. The molecule has 26 heavy (non-hydrogen) atoms. The van der Waals surface area contributed by atoms with E-state index in [0.29, 0.717) is 11.3 Å².